The topological polar surface area (TPSA) is 64.1 Å². The van der Waals surface area contributed by atoms with Crippen molar-refractivity contribution in [3.8, 4) is 5.75 Å². The van der Waals surface area contributed by atoms with Gasteiger partial charge in [0.05, 0.1) is 0 Å². The minimum absolute atomic E-state index is 0.285. The fourth-order valence-corrected chi connectivity index (χ4v) is 1.86. The van der Waals surface area contributed by atoms with Crippen molar-refractivity contribution in [2.75, 3.05) is 5.32 Å². The van der Waals surface area contributed by atoms with Crippen LogP contribution in [0, 0.1) is 0 Å². The number of hydrogen-bond acceptors (Lipinski definition) is 5. The van der Waals surface area contributed by atoms with E-state index in [0.717, 1.165) is 0 Å². The molecule has 2 rings (SSSR count). The van der Waals surface area contributed by atoms with Crippen LogP contribution < -0.4 is 10.1 Å². The third-order valence-corrected chi connectivity index (χ3v) is 2.91. The quantitative estimate of drug-likeness (QED) is 0.937. The van der Waals surface area contributed by atoms with Crippen molar-refractivity contribution >= 4 is 34.0 Å². The lowest BCUT2D eigenvalue weighted by Crippen LogP contribution is -2.30. The summed E-state index contributed by atoms with van der Waals surface area (Å²) in [6, 6.07) is 6.88. The highest BCUT2D eigenvalue weighted by Crippen LogP contribution is 2.18. The molecule has 0 aliphatic rings. The van der Waals surface area contributed by atoms with Crippen LogP contribution in [0.25, 0.3) is 0 Å². The molecule has 1 heterocycles. The predicted molar refractivity (Wildman–Crippen MR) is 70.1 cm³/mol. The van der Waals surface area contributed by atoms with Gasteiger partial charge in [-0.25, -0.2) is 0 Å². The maximum atomic E-state index is 11.8. The van der Waals surface area contributed by atoms with Gasteiger partial charge >= 0.3 is 0 Å². The van der Waals surface area contributed by atoms with Crippen LogP contribution in [-0.4, -0.2) is 22.2 Å². The molecular formula is C11H10ClN3O2S. The number of carbonyl (C=O) groups is 1. The zero-order valence-electron chi connectivity index (χ0n) is 9.46. The minimum Gasteiger partial charge on any atom is -0.481 e. The Morgan fingerprint density at radius 3 is 3.06 bits per heavy atom. The van der Waals surface area contributed by atoms with Gasteiger partial charge in [0.25, 0.3) is 5.91 Å². The van der Waals surface area contributed by atoms with Gasteiger partial charge in [-0.05, 0) is 25.1 Å². The third kappa shape index (κ3) is 3.41. The van der Waals surface area contributed by atoms with Crippen molar-refractivity contribution < 1.29 is 9.53 Å². The van der Waals surface area contributed by atoms with Crippen molar-refractivity contribution in [2.24, 2.45) is 0 Å². The fourth-order valence-electron chi connectivity index (χ4n) is 1.23. The van der Waals surface area contributed by atoms with Crippen LogP contribution >= 0.6 is 22.9 Å². The molecule has 0 aliphatic carbocycles. The first-order valence-electron chi connectivity index (χ1n) is 5.14. The van der Waals surface area contributed by atoms with Gasteiger partial charge in [-0.3, -0.25) is 10.1 Å². The number of anilines is 1. The molecule has 1 aromatic carbocycles. The van der Waals surface area contributed by atoms with Crippen molar-refractivity contribution in [3.63, 3.8) is 0 Å². The zero-order valence-corrected chi connectivity index (χ0v) is 11.0. The van der Waals surface area contributed by atoms with Gasteiger partial charge in [0.2, 0.25) is 5.13 Å². The van der Waals surface area contributed by atoms with Crippen molar-refractivity contribution in [2.45, 2.75) is 13.0 Å². The molecule has 0 radical (unpaired) electrons. The molecule has 1 atom stereocenters. The van der Waals surface area contributed by atoms with Crippen LogP contribution in [0.4, 0.5) is 5.13 Å². The number of benzene rings is 1. The summed E-state index contributed by atoms with van der Waals surface area (Å²) in [5.74, 6) is 0.258. The molecule has 2 aromatic rings. The van der Waals surface area contributed by atoms with E-state index in [9.17, 15) is 4.79 Å². The number of hydrogen-bond donors (Lipinski definition) is 1. The van der Waals surface area contributed by atoms with Gasteiger partial charge in [-0.2, -0.15) is 0 Å². The van der Waals surface area contributed by atoms with E-state index in [1.165, 1.54) is 16.8 Å². The smallest absolute Gasteiger partial charge is 0.266 e. The average Bonchev–Trinajstić information content (AvgIpc) is 2.81. The molecule has 0 bridgehead atoms. The van der Waals surface area contributed by atoms with Crippen molar-refractivity contribution in [3.05, 3.63) is 34.8 Å². The summed E-state index contributed by atoms with van der Waals surface area (Å²) in [4.78, 5) is 11.8. The van der Waals surface area contributed by atoms with E-state index in [-0.39, 0.29) is 5.91 Å². The van der Waals surface area contributed by atoms with E-state index < -0.39 is 6.10 Å². The Bertz CT molecular complexity index is 533. The summed E-state index contributed by atoms with van der Waals surface area (Å²) < 4.78 is 5.47. The molecule has 1 amide bonds. The molecule has 7 heteroatoms. The maximum Gasteiger partial charge on any atom is 0.266 e. The number of aromatic nitrogens is 2. The Morgan fingerprint density at radius 1 is 1.56 bits per heavy atom. The second kappa shape index (κ2) is 5.79. The summed E-state index contributed by atoms with van der Waals surface area (Å²) in [5, 5.41) is 11.0. The highest BCUT2D eigenvalue weighted by molar-refractivity contribution is 7.13. The lowest BCUT2D eigenvalue weighted by Gasteiger charge is -2.13. The highest BCUT2D eigenvalue weighted by atomic mass is 35.5. The summed E-state index contributed by atoms with van der Waals surface area (Å²) in [7, 11) is 0. The largest absolute Gasteiger partial charge is 0.481 e. The van der Waals surface area contributed by atoms with Gasteiger partial charge in [-0.1, -0.05) is 29.0 Å². The van der Waals surface area contributed by atoms with Gasteiger partial charge in [0.1, 0.15) is 11.3 Å². The van der Waals surface area contributed by atoms with E-state index in [0.29, 0.717) is 15.9 Å². The Labute approximate surface area is 113 Å². The molecule has 0 fully saturated rings. The number of nitrogens with zero attached hydrogens (tertiary/aromatic N) is 2. The lowest BCUT2D eigenvalue weighted by atomic mass is 10.3. The zero-order chi connectivity index (χ0) is 13.0. The Morgan fingerprint density at radius 2 is 2.39 bits per heavy atom. The summed E-state index contributed by atoms with van der Waals surface area (Å²) in [5.41, 5.74) is 1.54. The normalized spacial score (nSPS) is 11.9. The third-order valence-electron chi connectivity index (χ3n) is 2.07. The first-order chi connectivity index (χ1) is 8.65. The number of carbonyl (C=O) groups excluding carboxylic acids is 1. The first kappa shape index (κ1) is 12.8. The predicted octanol–water partition coefficient (Wildman–Crippen LogP) is 2.60. The van der Waals surface area contributed by atoms with Crippen LogP contribution in [0.5, 0.6) is 5.75 Å². The van der Waals surface area contributed by atoms with Crippen LogP contribution in [0.1, 0.15) is 6.92 Å². The molecule has 0 saturated carbocycles. The summed E-state index contributed by atoms with van der Waals surface area (Å²) >= 11 is 7.07. The number of amides is 1. The second-order valence-corrected chi connectivity index (χ2v) is 4.72. The molecule has 94 valence electrons. The summed E-state index contributed by atoms with van der Waals surface area (Å²) in [6.07, 6.45) is -0.646. The molecule has 5 nitrogen and oxygen atoms in total. The van der Waals surface area contributed by atoms with E-state index >= 15 is 0 Å². The van der Waals surface area contributed by atoms with Crippen molar-refractivity contribution in [1.82, 2.24) is 10.2 Å². The van der Waals surface area contributed by atoms with Crippen LogP contribution in [0.2, 0.25) is 5.02 Å². The second-order valence-electron chi connectivity index (χ2n) is 3.45. The molecule has 0 saturated heterocycles. The lowest BCUT2D eigenvalue weighted by molar-refractivity contribution is -0.122. The van der Waals surface area contributed by atoms with E-state index in [1.807, 2.05) is 0 Å². The Balaban J connectivity index is 1.95. The van der Waals surface area contributed by atoms with Gasteiger partial charge in [0, 0.05) is 5.02 Å². The van der Waals surface area contributed by atoms with Gasteiger partial charge < -0.3 is 4.74 Å². The molecule has 0 unspecified atom stereocenters. The fraction of sp³-hybridized carbons (Fsp3) is 0.182. The van der Waals surface area contributed by atoms with E-state index in [1.54, 1.807) is 31.2 Å². The molecule has 0 aliphatic heterocycles. The standard InChI is InChI=1S/C11H10ClN3O2S/c1-7(10(16)14-11-15-13-6-18-11)17-9-4-2-3-8(12)5-9/h2-7H,1H3,(H,14,15,16)/t7-/m0/s1. The highest BCUT2D eigenvalue weighted by Gasteiger charge is 2.16. The average molecular weight is 284 g/mol. The molecule has 1 N–H and O–H groups in total. The number of halogens is 1. The first-order valence-corrected chi connectivity index (χ1v) is 6.40. The summed E-state index contributed by atoms with van der Waals surface area (Å²) in [6.45, 7) is 1.65. The van der Waals surface area contributed by atoms with Gasteiger partial charge in [-0.15, -0.1) is 10.2 Å². The molecule has 1 aromatic heterocycles. The van der Waals surface area contributed by atoms with Crippen molar-refractivity contribution in [1.29, 1.82) is 0 Å². The monoisotopic (exact) mass is 283 g/mol. The number of rotatable bonds is 4. The van der Waals surface area contributed by atoms with E-state index in [4.69, 9.17) is 16.3 Å². The minimum atomic E-state index is -0.646. The number of nitrogens with one attached hydrogen (secondary N) is 1. The van der Waals surface area contributed by atoms with Gasteiger partial charge in [0.15, 0.2) is 6.10 Å². The molecular weight excluding hydrogens is 274 g/mol. The number of ether oxygens (including phenoxy) is 1. The molecule has 0 spiro atoms. The van der Waals surface area contributed by atoms with E-state index in [2.05, 4.69) is 15.5 Å². The SMILES string of the molecule is C[C@H](Oc1cccc(Cl)c1)C(=O)Nc1nncs1. The maximum absolute atomic E-state index is 11.8. The molecule has 18 heavy (non-hydrogen) atoms. The van der Waals surface area contributed by atoms with Crippen LogP contribution in [-0.2, 0) is 4.79 Å². The van der Waals surface area contributed by atoms with Crippen LogP contribution in [0.15, 0.2) is 29.8 Å². The Kier molecular flexibility index (Phi) is 4.11. The van der Waals surface area contributed by atoms with Crippen LogP contribution in [0.3, 0.4) is 0 Å². The Hall–Kier alpha value is -1.66.